The summed E-state index contributed by atoms with van der Waals surface area (Å²) in [5.74, 6) is -37.8. The first-order valence-electron chi connectivity index (χ1n) is 7.84. The highest BCUT2D eigenvalue weighted by Gasteiger charge is 2.90. The van der Waals surface area contributed by atoms with Gasteiger partial charge in [-0.25, -0.2) is 0 Å². The summed E-state index contributed by atoms with van der Waals surface area (Å²) in [4.78, 5) is 10.2. The minimum atomic E-state index is -7.87. The van der Waals surface area contributed by atoms with E-state index in [9.17, 15) is 61.9 Å². The quantitative estimate of drug-likeness (QED) is 0.264. The molecule has 0 aromatic heterocycles. The summed E-state index contributed by atoms with van der Waals surface area (Å²) in [6.07, 6.45) is -11.1. The molecule has 0 atom stereocenters. The molecule has 0 unspecified atom stereocenters. The van der Waals surface area contributed by atoms with Crippen molar-refractivity contribution in [2.75, 3.05) is 0 Å². The number of carboxylic acids is 1. The van der Waals surface area contributed by atoms with Gasteiger partial charge in [0.2, 0.25) is 0 Å². The Balaban J connectivity index is 5.28. The molecule has 15 heteroatoms. The third-order valence-corrected chi connectivity index (χ3v) is 3.88. The summed E-state index contributed by atoms with van der Waals surface area (Å²) in [6.45, 7) is 0. The third kappa shape index (κ3) is 5.38. The number of carboxylic acid groups (broad SMARTS) is 1. The molecule has 0 spiro atoms. The van der Waals surface area contributed by atoms with Crippen LogP contribution in [-0.2, 0) is 4.79 Å². The molecule has 0 amide bonds. The van der Waals surface area contributed by atoms with Gasteiger partial charge in [-0.2, -0.15) is 57.1 Å². The summed E-state index contributed by atoms with van der Waals surface area (Å²) in [5, 5.41) is 8.32. The Labute approximate surface area is 155 Å². The molecule has 0 aliphatic rings. The van der Waals surface area contributed by atoms with Crippen LogP contribution in [0.5, 0.6) is 0 Å². The van der Waals surface area contributed by atoms with Crippen molar-refractivity contribution >= 4 is 5.97 Å². The number of alkyl halides is 13. The molecule has 0 aromatic rings. The average molecular weight is 462 g/mol. The van der Waals surface area contributed by atoms with Crippen molar-refractivity contribution in [2.45, 2.75) is 80.7 Å². The Morgan fingerprint density at radius 3 is 1.34 bits per heavy atom. The highest BCUT2D eigenvalue weighted by atomic mass is 19.4. The predicted molar refractivity (Wildman–Crippen MR) is 70.7 cm³/mol. The number of carbonyl (C=O) groups is 1. The molecule has 0 fully saturated rings. The predicted octanol–water partition coefficient (Wildman–Crippen LogP) is 6.54. The molecule has 174 valence electrons. The molecule has 1 N–H and O–H groups in total. The van der Waals surface area contributed by atoms with E-state index in [2.05, 4.69) is 0 Å². The number of hydrogen-bond acceptors (Lipinski definition) is 1. The molecule has 0 rings (SSSR count). The summed E-state index contributed by atoms with van der Waals surface area (Å²) >= 11 is 0. The number of halogens is 13. The van der Waals surface area contributed by atoms with Gasteiger partial charge >= 0.3 is 41.8 Å². The van der Waals surface area contributed by atoms with Gasteiger partial charge in [-0.05, 0) is 12.8 Å². The SMILES string of the molecule is O=C(O)CCCCCCCC(F)(F)C(F)(F)C(F)(F)C(F)(F)C(F)(F)C(F)(F)F. The molecular weight excluding hydrogens is 447 g/mol. The van der Waals surface area contributed by atoms with E-state index in [-0.39, 0.29) is 32.1 Å². The normalized spacial score (nSPS) is 14.9. The van der Waals surface area contributed by atoms with E-state index < -0.39 is 54.6 Å². The summed E-state index contributed by atoms with van der Waals surface area (Å²) < 4.78 is 167. The fraction of sp³-hybridized carbons (Fsp3) is 0.929. The minimum absolute atomic E-state index is 0.0341. The molecule has 2 nitrogen and oxygen atoms in total. The molecule has 0 aromatic carbocycles. The summed E-state index contributed by atoms with van der Waals surface area (Å²) in [7, 11) is 0. The number of hydrogen-bond donors (Lipinski definition) is 1. The fourth-order valence-corrected chi connectivity index (χ4v) is 2.11. The lowest BCUT2D eigenvalue weighted by molar-refractivity contribution is -0.440. The minimum Gasteiger partial charge on any atom is -0.481 e. The van der Waals surface area contributed by atoms with Gasteiger partial charge in [0.25, 0.3) is 0 Å². The monoisotopic (exact) mass is 462 g/mol. The second kappa shape index (κ2) is 8.74. The van der Waals surface area contributed by atoms with Gasteiger partial charge in [-0.3, -0.25) is 4.79 Å². The maximum Gasteiger partial charge on any atom is 0.460 e. The van der Waals surface area contributed by atoms with E-state index in [4.69, 9.17) is 5.11 Å². The van der Waals surface area contributed by atoms with E-state index in [1.807, 2.05) is 0 Å². The second-order valence-corrected chi connectivity index (χ2v) is 6.16. The molecule has 29 heavy (non-hydrogen) atoms. The van der Waals surface area contributed by atoms with Crippen LogP contribution in [0.3, 0.4) is 0 Å². The van der Waals surface area contributed by atoms with Gasteiger partial charge in [0, 0.05) is 12.8 Å². The first-order valence-corrected chi connectivity index (χ1v) is 7.84. The fourth-order valence-electron chi connectivity index (χ4n) is 2.11. The van der Waals surface area contributed by atoms with Gasteiger partial charge in [0.1, 0.15) is 0 Å². The molecule has 0 aliphatic heterocycles. The topological polar surface area (TPSA) is 37.3 Å². The lowest BCUT2D eigenvalue weighted by Gasteiger charge is -2.39. The van der Waals surface area contributed by atoms with Crippen molar-refractivity contribution in [1.29, 1.82) is 0 Å². The van der Waals surface area contributed by atoms with Crippen molar-refractivity contribution in [3.63, 3.8) is 0 Å². The van der Waals surface area contributed by atoms with Gasteiger partial charge < -0.3 is 5.11 Å². The Hall–Kier alpha value is -1.44. The van der Waals surface area contributed by atoms with Crippen LogP contribution < -0.4 is 0 Å². The van der Waals surface area contributed by atoms with Crippen LogP contribution in [0.25, 0.3) is 0 Å². The highest BCUT2D eigenvalue weighted by Crippen LogP contribution is 2.60. The molecular formula is C14H15F13O2. The lowest BCUT2D eigenvalue weighted by atomic mass is 9.91. The Morgan fingerprint density at radius 2 is 0.931 bits per heavy atom. The van der Waals surface area contributed by atoms with E-state index in [0.29, 0.717) is 0 Å². The van der Waals surface area contributed by atoms with Crippen molar-refractivity contribution < 1.29 is 67.0 Å². The summed E-state index contributed by atoms with van der Waals surface area (Å²) in [5.41, 5.74) is 0. The first kappa shape index (κ1) is 27.6. The third-order valence-electron chi connectivity index (χ3n) is 3.88. The smallest absolute Gasteiger partial charge is 0.460 e. The van der Waals surface area contributed by atoms with Gasteiger partial charge in [0.15, 0.2) is 0 Å². The molecule has 0 heterocycles. The summed E-state index contributed by atoms with van der Waals surface area (Å²) in [6, 6.07) is 0. The standard InChI is InChI=1S/C14H15F13O2/c15-9(16,7-5-3-1-2-4-6-8(28)29)10(17,18)11(19,20)12(21,22)13(23,24)14(25,26)27/h1-7H2,(H,28,29). The van der Waals surface area contributed by atoms with Crippen LogP contribution in [0.15, 0.2) is 0 Å². The molecule has 0 saturated heterocycles. The second-order valence-electron chi connectivity index (χ2n) is 6.16. The van der Waals surface area contributed by atoms with Crippen LogP contribution in [0.4, 0.5) is 57.1 Å². The van der Waals surface area contributed by atoms with Crippen LogP contribution in [-0.4, -0.2) is 46.9 Å². The van der Waals surface area contributed by atoms with Crippen LogP contribution in [0, 0.1) is 0 Å². The van der Waals surface area contributed by atoms with Crippen molar-refractivity contribution in [3.05, 3.63) is 0 Å². The van der Waals surface area contributed by atoms with Gasteiger partial charge in [0.05, 0.1) is 0 Å². The zero-order valence-electron chi connectivity index (χ0n) is 14.2. The van der Waals surface area contributed by atoms with E-state index in [1.165, 1.54) is 0 Å². The maximum absolute atomic E-state index is 13.4. The molecule has 0 saturated carbocycles. The zero-order chi connectivity index (χ0) is 23.5. The van der Waals surface area contributed by atoms with Crippen LogP contribution >= 0.6 is 0 Å². The molecule has 0 radical (unpaired) electrons. The lowest BCUT2D eigenvalue weighted by Crippen LogP contribution is -2.70. The number of rotatable bonds is 12. The Bertz CT molecular complexity index is 554. The highest BCUT2D eigenvalue weighted by molar-refractivity contribution is 5.66. The molecule has 0 bridgehead atoms. The number of aliphatic carboxylic acids is 1. The average Bonchev–Trinajstić information content (AvgIpc) is 2.51. The van der Waals surface area contributed by atoms with E-state index in [0.717, 1.165) is 0 Å². The van der Waals surface area contributed by atoms with Gasteiger partial charge in [-0.15, -0.1) is 0 Å². The maximum atomic E-state index is 13.4. The van der Waals surface area contributed by atoms with Crippen molar-refractivity contribution in [1.82, 2.24) is 0 Å². The van der Waals surface area contributed by atoms with E-state index in [1.54, 1.807) is 0 Å². The van der Waals surface area contributed by atoms with Crippen LogP contribution in [0.2, 0.25) is 0 Å². The first-order chi connectivity index (χ1) is 12.7. The Kier molecular flexibility index (Phi) is 8.31. The van der Waals surface area contributed by atoms with Crippen molar-refractivity contribution in [2.24, 2.45) is 0 Å². The van der Waals surface area contributed by atoms with Crippen LogP contribution in [0.1, 0.15) is 44.9 Å². The molecule has 0 aliphatic carbocycles. The van der Waals surface area contributed by atoms with Crippen molar-refractivity contribution in [3.8, 4) is 0 Å². The Morgan fingerprint density at radius 1 is 0.552 bits per heavy atom. The largest absolute Gasteiger partial charge is 0.481 e. The number of unbranched alkanes of at least 4 members (excludes halogenated alkanes) is 4. The van der Waals surface area contributed by atoms with E-state index >= 15 is 0 Å². The zero-order valence-corrected chi connectivity index (χ0v) is 14.2. The van der Waals surface area contributed by atoms with Gasteiger partial charge in [-0.1, -0.05) is 19.3 Å².